The molecule has 8 heteroatoms. The number of esters is 1. The zero-order valence-electron chi connectivity index (χ0n) is 14.0. The van der Waals surface area contributed by atoms with Gasteiger partial charge in [0.1, 0.15) is 0 Å². The summed E-state index contributed by atoms with van der Waals surface area (Å²) in [7, 11) is 0. The number of halogens is 2. The Balaban J connectivity index is 2.03. The Morgan fingerprint density at radius 2 is 1.73 bits per heavy atom. The Bertz CT molecular complexity index is 855. The summed E-state index contributed by atoms with van der Waals surface area (Å²) in [6, 6.07) is 11.0. The number of rotatable bonds is 5. The van der Waals surface area contributed by atoms with Crippen molar-refractivity contribution >= 4 is 52.4 Å². The maximum atomic E-state index is 12.2. The number of amides is 2. The van der Waals surface area contributed by atoms with Gasteiger partial charge in [0.2, 0.25) is 5.91 Å². The third-order valence-corrected chi connectivity index (χ3v) is 4.10. The number of ether oxygens (including phenoxy) is 1. The van der Waals surface area contributed by atoms with E-state index in [1.54, 1.807) is 30.3 Å². The van der Waals surface area contributed by atoms with Gasteiger partial charge in [0, 0.05) is 12.6 Å². The average Bonchev–Trinajstić information content (AvgIpc) is 2.58. The van der Waals surface area contributed by atoms with Crippen LogP contribution in [0.25, 0.3) is 0 Å². The average molecular weight is 395 g/mol. The molecule has 0 radical (unpaired) electrons. The topological polar surface area (TPSA) is 84.5 Å². The molecular formula is C18H16Cl2N2O4. The van der Waals surface area contributed by atoms with Crippen LogP contribution in [-0.2, 0) is 14.3 Å². The van der Waals surface area contributed by atoms with Crippen LogP contribution >= 0.6 is 23.2 Å². The molecule has 2 amide bonds. The van der Waals surface area contributed by atoms with Crippen molar-refractivity contribution in [1.82, 2.24) is 0 Å². The molecule has 6 nitrogen and oxygen atoms in total. The van der Waals surface area contributed by atoms with E-state index in [1.165, 1.54) is 26.0 Å². The molecule has 1 atom stereocenters. The largest absolute Gasteiger partial charge is 0.449 e. The van der Waals surface area contributed by atoms with Gasteiger partial charge in [-0.3, -0.25) is 9.59 Å². The van der Waals surface area contributed by atoms with Crippen LogP contribution in [0.2, 0.25) is 10.0 Å². The van der Waals surface area contributed by atoms with Gasteiger partial charge in [-0.15, -0.1) is 0 Å². The van der Waals surface area contributed by atoms with Gasteiger partial charge in [-0.2, -0.15) is 0 Å². The van der Waals surface area contributed by atoms with Gasteiger partial charge >= 0.3 is 5.97 Å². The van der Waals surface area contributed by atoms with Crippen LogP contribution < -0.4 is 10.6 Å². The summed E-state index contributed by atoms with van der Waals surface area (Å²) in [5.74, 6) is -1.51. The van der Waals surface area contributed by atoms with Crippen LogP contribution in [0, 0.1) is 0 Å². The molecule has 0 saturated carbocycles. The highest BCUT2D eigenvalue weighted by Crippen LogP contribution is 2.29. The van der Waals surface area contributed by atoms with E-state index in [9.17, 15) is 14.4 Å². The molecule has 0 fully saturated rings. The van der Waals surface area contributed by atoms with Crippen LogP contribution in [0.5, 0.6) is 0 Å². The molecule has 26 heavy (non-hydrogen) atoms. The third-order valence-electron chi connectivity index (χ3n) is 3.28. The molecule has 0 saturated heterocycles. The summed E-state index contributed by atoms with van der Waals surface area (Å²) in [5, 5.41) is 5.62. The van der Waals surface area contributed by atoms with Crippen molar-refractivity contribution in [2.24, 2.45) is 0 Å². The molecule has 0 aromatic heterocycles. The van der Waals surface area contributed by atoms with Crippen molar-refractivity contribution in [3.05, 3.63) is 58.1 Å². The van der Waals surface area contributed by atoms with E-state index in [1.807, 2.05) is 0 Å². The molecule has 0 aliphatic rings. The smallest absolute Gasteiger partial charge is 0.338 e. The second-order valence-electron chi connectivity index (χ2n) is 5.40. The standard InChI is InChI=1S/C18H16Cl2N2O4/c1-10(17(24)22-15-8-4-7-14(19)16(15)20)26-18(25)12-5-3-6-13(9-12)21-11(2)23/h3-10H,1-2H3,(H,21,23)(H,22,24)/t10-/m1/s1. The van der Waals surface area contributed by atoms with Crippen LogP contribution in [0.3, 0.4) is 0 Å². The zero-order valence-corrected chi connectivity index (χ0v) is 15.5. The first kappa shape index (κ1) is 19.8. The lowest BCUT2D eigenvalue weighted by atomic mass is 10.2. The Kier molecular flexibility index (Phi) is 6.60. The Morgan fingerprint density at radius 1 is 1.04 bits per heavy atom. The van der Waals surface area contributed by atoms with E-state index in [4.69, 9.17) is 27.9 Å². The molecule has 0 heterocycles. The lowest BCUT2D eigenvalue weighted by Gasteiger charge is -2.15. The van der Waals surface area contributed by atoms with E-state index in [0.29, 0.717) is 16.4 Å². The summed E-state index contributed by atoms with van der Waals surface area (Å²) in [6.07, 6.45) is -1.07. The number of anilines is 2. The SMILES string of the molecule is CC(=O)Nc1cccc(C(=O)O[C@H](C)C(=O)Nc2cccc(Cl)c2Cl)c1. The molecule has 0 bridgehead atoms. The maximum absolute atomic E-state index is 12.2. The van der Waals surface area contributed by atoms with Crippen LogP contribution in [0.4, 0.5) is 11.4 Å². The van der Waals surface area contributed by atoms with Crippen LogP contribution in [0.15, 0.2) is 42.5 Å². The second kappa shape index (κ2) is 8.69. The van der Waals surface area contributed by atoms with Crippen molar-refractivity contribution in [2.75, 3.05) is 10.6 Å². The molecular weight excluding hydrogens is 379 g/mol. The molecule has 136 valence electrons. The number of nitrogens with one attached hydrogen (secondary N) is 2. The predicted octanol–water partition coefficient (Wildman–Crippen LogP) is 4.14. The zero-order chi connectivity index (χ0) is 19.3. The number of carbonyl (C=O) groups is 3. The molecule has 0 spiro atoms. The minimum Gasteiger partial charge on any atom is -0.449 e. The monoisotopic (exact) mass is 394 g/mol. The summed E-state index contributed by atoms with van der Waals surface area (Å²) in [6.45, 7) is 2.79. The minimum absolute atomic E-state index is 0.198. The Morgan fingerprint density at radius 3 is 2.42 bits per heavy atom. The summed E-state index contributed by atoms with van der Waals surface area (Å²) in [5.41, 5.74) is 0.978. The van der Waals surface area contributed by atoms with Crippen molar-refractivity contribution in [3.63, 3.8) is 0 Å². The molecule has 2 aromatic carbocycles. The molecule has 2 aromatic rings. The molecule has 0 unspecified atom stereocenters. The fourth-order valence-corrected chi connectivity index (χ4v) is 2.39. The first-order valence-electron chi connectivity index (χ1n) is 7.61. The van der Waals surface area contributed by atoms with E-state index < -0.39 is 18.0 Å². The van der Waals surface area contributed by atoms with Gasteiger partial charge in [-0.05, 0) is 37.3 Å². The van der Waals surface area contributed by atoms with Crippen molar-refractivity contribution in [1.29, 1.82) is 0 Å². The van der Waals surface area contributed by atoms with E-state index in [-0.39, 0.29) is 16.5 Å². The Hall–Kier alpha value is -2.57. The number of hydrogen-bond donors (Lipinski definition) is 2. The van der Waals surface area contributed by atoms with Gasteiger partial charge in [0.15, 0.2) is 6.10 Å². The quantitative estimate of drug-likeness (QED) is 0.746. The highest BCUT2D eigenvalue weighted by Gasteiger charge is 2.20. The van der Waals surface area contributed by atoms with Crippen molar-refractivity contribution < 1.29 is 19.1 Å². The summed E-state index contributed by atoms with van der Waals surface area (Å²) < 4.78 is 5.16. The first-order valence-corrected chi connectivity index (χ1v) is 8.37. The molecule has 2 rings (SSSR count). The minimum atomic E-state index is -1.07. The number of hydrogen-bond acceptors (Lipinski definition) is 4. The van der Waals surface area contributed by atoms with Gasteiger partial charge < -0.3 is 15.4 Å². The van der Waals surface area contributed by atoms with Crippen molar-refractivity contribution in [2.45, 2.75) is 20.0 Å². The first-order chi connectivity index (χ1) is 12.3. The van der Waals surface area contributed by atoms with E-state index in [0.717, 1.165) is 0 Å². The van der Waals surface area contributed by atoms with Crippen molar-refractivity contribution in [3.8, 4) is 0 Å². The van der Waals surface area contributed by atoms with Gasteiger partial charge in [0.25, 0.3) is 5.91 Å². The normalized spacial score (nSPS) is 11.4. The fourth-order valence-electron chi connectivity index (χ4n) is 2.04. The molecule has 0 aliphatic heterocycles. The lowest BCUT2D eigenvalue weighted by Crippen LogP contribution is -2.30. The second-order valence-corrected chi connectivity index (χ2v) is 6.19. The van der Waals surface area contributed by atoms with E-state index >= 15 is 0 Å². The third kappa shape index (κ3) is 5.21. The number of benzene rings is 2. The highest BCUT2D eigenvalue weighted by molar-refractivity contribution is 6.44. The van der Waals surface area contributed by atoms with Crippen LogP contribution in [-0.4, -0.2) is 23.9 Å². The predicted molar refractivity (Wildman–Crippen MR) is 101 cm³/mol. The maximum Gasteiger partial charge on any atom is 0.338 e. The Labute approximate surface area is 160 Å². The highest BCUT2D eigenvalue weighted by atomic mass is 35.5. The van der Waals surface area contributed by atoms with Crippen LogP contribution in [0.1, 0.15) is 24.2 Å². The van der Waals surface area contributed by atoms with Gasteiger partial charge in [-0.1, -0.05) is 35.3 Å². The van der Waals surface area contributed by atoms with E-state index in [2.05, 4.69) is 10.6 Å². The van der Waals surface area contributed by atoms with Gasteiger partial charge in [-0.25, -0.2) is 4.79 Å². The van der Waals surface area contributed by atoms with Gasteiger partial charge in [0.05, 0.1) is 21.3 Å². The summed E-state index contributed by atoms with van der Waals surface area (Å²) >= 11 is 11.9. The fraction of sp³-hybridized carbons (Fsp3) is 0.167. The molecule has 2 N–H and O–H groups in total. The number of carbonyl (C=O) groups excluding carboxylic acids is 3. The molecule has 0 aliphatic carbocycles. The lowest BCUT2D eigenvalue weighted by molar-refractivity contribution is -0.123. The summed E-state index contributed by atoms with van der Waals surface area (Å²) in [4.78, 5) is 35.5.